The summed E-state index contributed by atoms with van der Waals surface area (Å²) in [4.78, 5) is 13.1. The van der Waals surface area contributed by atoms with Crippen LogP contribution >= 0.6 is 11.6 Å². The van der Waals surface area contributed by atoms with E-state index in [0.29, 0.717) is 34.5 Å². The first-order valence-corrected chi connectivity index (χ1v) is 8.85. The average Bonchev–Trinajstić information content (AvgIpc) is 2.43. The van der Waals surface area contributed by atoms with Crippen LogP contribution in [0.5, 0.6) is 5.75 Å². The summed E-state index contributed by atoms with van der Waals surface area (Å²) >= 11 is 6.22. The van der Waals surface area contributed by atoms with E-state index in [9.17, 15) is 9.90 Å². The second-order valence-electron chi connectivity index (χ2n) is 7.43. The lowest BCUT2D eigenvalue weighted by Crippen LogP contribution is -3.11. The van der Waals surface area contributed by atoms with Gasteiger partial charge in [-0.1, -0.05) is 39.3 Å². The van der Waals surface area contributed by atoms with Crippen LogP contribution in [0.4, 0.5) is 0 Å². The van der Waals surface area contributed by atoms with Crippen molar-refractivity contribution in [2.45, 2.75) is 41.2 Å². The SMILES string of the molecule is Cc1cc(=O)oc2c(C[NH+](CC(C)C)CC(C)C)c(O)c(Cl)cc12. The molecule has 0 radical (unpaired) electrons. The van der Waals surface area contributed by atoms with Gasteiger partial charge < -0.3 is 14.4 Å². The lowest BCUT2D eigenvalue weighted by molar-refractivity contribution is -0.919. The molecule has 0 aliphatic heterocycles. The topological polar surface area (TPSA) is 54.9 Å². The van der Waals surface area contributed by atoms with Gasteiger partial charge in [0, 0.05) is 23.3 Å². The fraction of sp³-hybridized carbons (Fsp3) is 0.526. The normalized spacial score (nSPS) is 12.0. The predicted molar refractivity (Wildman–Crippen MR) is 98.0 cm³/mol. The molecule has 0 bridgehead atoms. The summed E-state index contributed by atoms with van der Waals surface area (Å²) in [5, 5.41) is 11.6. The van der Waals surface area contributed by atoms with Crippen molar-refractivity contribution in [1.29, 1.82) is 0 Å². The summed E-state index contributed by atoms with van der Waals surface area (Å²) in [6.45, 7) is 13.1. The van der Waals surface area contributed by atoms with E-state index in [1.807, 2.05) is 6.92 Å². The second-order valence-corrected chi connectivity index (χ2v) is 7.84. The molecule has 0 unspecified atom stereocenters. The molecule has 132 valence electrons. The molecule has 1 heterocycles. The van der Waals surface area contributed by atoms with Crippen LogP contribution in [0, 0.1) is 18.8 Å². The number of hydrogen-bond donors (Lipinski definition) is 2. The fourth-order valence-corrected chi connectivity index (χ4v) is 3.49. The van der Waals surface area contributed by atoms with Crippen molar-refractivity contribution in [2.75, 3.05) is 13.1 Å². The van der Waals surface area contributed by atoms with Crippen LogP contribution in [-0.4, -0.2) is 18.2 Å². The molecule has 0 atom stereocenters. The molecule has 0 aliphatic carbocycles. The monoisotopic (exact) mass is 352 g/mol. The number of hydrogen-bond acceptors (Lipinski definition) is 3. The Morgan fingerprint density at radius 3 is 2.29 bits per heavy atom. The maximum atomic E-state index is 11.8. The Balaban J connectivity index is 2.56. The number of benzene rings is 1. The van der Waals surface area contributed by atoms with Crippen LogP contribution in [0.2, 0.25) is 5.02 Å². The molecule has 1 aromatic heterocycles. The summed E-state index contributed by atoms with van der Waals surface area (Å²) < 4.78 is 5.43. The van der Waals surface area contributed by atoms with Crippen molar-refractivity contribution < 1.29 is 14.4 Å². The summed E-state index contributed by atoms with van der Waals surface area (Å²) in [6, 6.07) is 3.12. The Morgan fingerprint density at radius 1 is 1.17 bits per heavy atom. The van der Waals surface area contributed by atoms with Gasteiger partial charge in [0.2, 0.25) is 0 Å². The van der Waals surface area contributed by atoms with Gasteiger partial charge in [-0.25, -0.2) is 4.79 Å². The average molecular weight is 353 g/mol. The molecule has 0 amide bonds. The molecule has 2 N–H and O–H groups in total. The van der Waals surface area contributed by atoms with Crippen LogP contribution < -0.4 is 10.5 Å². The van der Waals surface area contributed by atoms with Crippen molar-refractivity contribution in [2.24, 2.45) is 11.8 Å². The minimum absolute atomic E-state index is 0.0166. The maximum Gasteiger partial charge on any atom is 0.336 e. The molecular formula is C19H27ClNO3+. The van der Waals surface area contributed by atoms with Crippen molar-refractivity contribution >= 4 is 22.6 Å². The van der Waals surface area contributed by atoms with Gasteiger partial charge in [-0.05, 0) is 18.6 Å². The Morgan fingerprint density at radius 2 is 1.75 bits per heavy atom. The molecular weight excluding hydrogens is 326 g/mol. The van der Waals surface area contributed by atoms with E-state index in [0.717, 1.165) is 24.0 Å². The number of nitrogens with one attached hydrogen (secondary N) is 1. The standard InChI is InChI=1S/C19H26ClNO3/c1-11(2)8-21(9-12(3)4)10-15-18(23)16(20)7-14-13(5)6-17(22)24-19(14)15/h6-7,11-12,23H,8-10H2,1-5H3/p+1. The van der Waals surface area contributed by atoms with E-state index in [2.05, 4.69) is 27.7 Å². The molecule has 0 fully saturated rings. The minimum Gasteiger partial charge on any atom is -0.506 e. The van der Waals surface area contributed by atoms with E-state index in [-0.39, 0.29) is 5.75 Å². The molecule has 1 aromatic carbocycles. The third kappa shape index (κ3) is 4.31. The Bertz CT molecular complexity index is 770. The van der Waals surface area contributed by atoms with Crippen molar-refractivity contribution in [3.8, 4) is 5.75 Å². The van der Waals surface area contributed by atoms with Gasteiger partial charge in [0.05, 0.1) is 23.7 Å². The molecule has 2 aromatic rings. The largest absolute Gasteiger partial charge is 0.506 e. The minimum atomic E-state index is -0.405. The maximum absolute atomic E-state index is 11.8. The van der Waals surface area contributed by atoms with Crippen LogP contribution in [0.25, 0.3) is 11.0 Å². The predicted octanol–water partition coefficient (Wildman–Crippen LogP) is 3.16. The highest BCUT2D eigenvalue weighted by atomic mass is 35.5. The zero-order valence-corrected chi connectivity index (χ0v) is 15.8. The first-order valence-electron chi connectivity index (χ1n) is 8.47. The van der Waals surface area contributed by atoms with Crippen LogP contribution in [0.3, 0.4) is 0 Å². The first-order chi connectivity index (χ1) is 11.2. The lowest BCUT2D eigenvalue weighted by Gasteiger charge is -2.24. The third-order valence-electron chi connectivity index (χ3n) is 4.08. The molecule has 0 spiro atoms. The lowest BCUT2D eigenvalue weighted by atomic mass is 10.0. The summed E-state index contributed by atoms with van der Waals surface area (Å²) in [7, 11) is 0. The van der Waals surface area contributed by atoms with E-state index in [1.165, 1.54) is 11.0 Å². The Hall–Kier alpha value is -1.52. The molecule has 24 heavy (non-hydrogen) atoms. The van der Waals surface area contributed by atoms with Gasteiger partial charge in [-0.3, -0.25) is 0 Å². The van der Waals surface area contributed by atoms with Gasteiger partial charge in [0.25, 0.3) is 0 Å². The van der Waals surface area contributed by atoms with Crippen molar-refractivity contribution in [1.82, 2.24) is 0 Å². The first kappa shape index (κ1) is 18.8. The number of aromatic hydroxyl groups is 1. The Kier molecular flexibility index (Phi) is 5.94. The zero-order valence-electron chi connectivity index (χ0n) is 15.1. The molecule has 4 nitrogen and oxygen atoms in total. The highest BCUT2D eigenvalue weighted by molar-refractivity contribution is 6.33. The molecule has 0 saturated heterocycles. The molecule has 0 saturated carbocycles. The summed E-state index contributed by atoms with van der Waals surface area (Å²) in [5.74, 6) is 1.07. The number of halogens is 1. The summed E-state index contributed by atoms with van der Waals surface area (Å²) in [5.41, 5.74) is 1.47. The van der Waals surface area contributed by atoms with Crippen molar-refractivity contribution in [3.05, 3.63) is 38.7 Å². The van der Waals surface area contributed by atoms with E-state index in [4.69, 9.17) is 16.0 Å². The van der Waals surface area contributed by atoms with Gasteiger partial charge in [-0.2, -0.15) is 0 Å². The number of phenolic OH excluding ortho intramolecular Hbond substituents is 1. The fourth-order valence-electron chi connectivity index (χ4n) is 3.27. The van der Waals surface area contributed by atoms with Gasteiger partial charge in [0.15, 0.2) is 5.58 Å². The van der Waals surface area contributed by atoms with Crippen molar-refractivity contribution in [3.63, 3.8) is 0 Å². The highest BCUT2D eigenvalue weighted by Crippen LogP contribution is 2.34. The van der Waals surface area contributed by atoms with Gasteiger partial charge >= 0.3 is 5.63 Å². The zero-order chi connectivity index (χ0) is 18.0. The number of aryl methyl sites for hydroxylation is 1. The van der Waals surface area contributed by atoms with Crippen LogP contribution in [-0.2, 0) is 6.54 Å². The number of phenols is 1. The number of fused-ring (bicyclic) bond motifs is 1. The quantitative estimate of drug-likeness (QED) is 0.785. The number of quaternary nitrogens is 1. The van der Waals surface area contributed by atoms with Gasteiger partial charge in [-0.15, -0.1) is 0 Å². The molecule has 5 heteroatoms. The molecule has 2 rings (SSSR count). The smallest absolute Gasteiger partial charge is 0.336 e. The van der Waals surface area contributed by atoms with Crippen LogP contribution in [0.15, 0.2) is 21.3 Å². The number of rotatable bonds is 6. The highest BCUT2D eigenvalue weighted by Gasteiger charge is 2.22. The second kappa shape index (κ2) is 7.58. The van der Waals surface area contributed by atoms with Gasteiger partial charge in [0.1, 0.15) is 12.3 Å². The molecule has 0 aliphatic rings. The summed E-state index contributed by atoms with van der Waals surface area (Å²) in [6.07, 6.45) is 0. The van der Waals surface area contributed by atoms with E-state index in [1.54, 1.807) is 6.07 Å². The van der Waals surface area contributed by atoms with Crippen LogP contribution in [0.1, 0.15) is 38.8 Å². The van der Waals surface area contributed by atoms with E-state index < -0.39 is 5.63 Å². The Labute approximate surface area is 148 Å². The van der Waals surface area contributed by atoms with E-state index >= 15 is 0 Å². The third-order valence-corrected chi connectivity index (χ3v) is 4.37.